The van der Waals surface area contributed by atoms with Gasteiger partial charge in [-0.05, 0) is 22.8 Å². The fourth-order valence-electron chi connectivity index (χ4n) is 3.88. The van der Waals surface area contributed by atoms with Crippen LogP contribution in [0.5, 0.6) is 0 Å². The molecule has 2 aromatic carbocycles. The van der Waals surface area contributed by atoms with Crippen LogP contribution in [0.1, 0.15) is 16.7 Å². The third-order valence-corrected chi connectivity index (χ3v) is 9.10. The van der Waals surface area contributed by atoms with Crippen LogP contribution in [0.2, 0.25) is 0 Å². The van der Waals surface area contributed by atoms with Crippen molar-refractivity contribution < 1.29 is 19.5 Å². The minimum Gasteiger partial charge on any atom is -0.477 e. The molecule has 9 nitrogen and oxygen atoms in total. The fraction of sp³-hybridized carbons (Fsp3) is 0.250. The number of fused-ring (bicyclic) bond motifs is 1. The Morgan fingerprint density at radius 2 is 1.86 bits per heavy atom. The van der Waals surface area contributed by atoms with Gasteiger partial charge in [-0.1, -0.05) is 66.0 Å². The zero-order valence-corrected chi connectivity index (χ0v) is 21.6. The second kappa shape index (κ2) is 11.4. The molecule has 7 N–H and O–H groups in total. The number of carboxylic acids is 1. The molecule has 1 saturated heterocycles. The van der Waals surface area contributed by atoms with Gasteiger partial charge in [0.05, 0.1) is 6.42 Å². The van der Waals surface area contributed by atoms with Gasteiger partial charge in [0.2, 0.25) is 5.91 Å². The number of carbonyl (C=O) groups excluding carboxylic acids is 2. The summed E-state index contributed by atoms with van der Waals surface area (Å²) < 4.78 is 0. The number of nitrogens with one attached hydrogen (secondary N) is 2. The van der Waals surface area contributed by atoms with Gasteiger partial charge < -0.3 is 21.9 Å². The lowest BCUT2D eigenvalue weighted by atomic mass is 10.0. The molecular formula is C24H25N5O4S3. The molecule has 0 aliphatic carbocycles. The maximum Gasteiger partial charge on any atom is 0.353 e. The highest BCUT2D eigenvalue weighted by Gasteiger charge is 2.54. The number of benzene rings is 2. The summed E-state index contributed by atoms with van der Waals surface area (Å²) in [5.41, 5.74) is 13.7. The van der Waals surface area contributed by atoms with Crippen LogP contribution in [0.15, 0.2) is 64.0 Å². The van der Waals surface area contributed by atoms with Gasteiger partial charge in [-0.15, -0.1) is 11.8 Å². The second-order valence-electron chi connectivity index (χ2n) is 8.09. The Balaban J connectivity index is 1.46. The highest BCUT2D eigenvalue weighted by molar-refractivity contribution is 8.13. The number of amidine groups is 1. The number of hydrogen-bond donors (Lipinski definition) is 5. The maximum absolute atomic E-state index is 13.0. The maximum atomic E-state index is 13.0. The Kier molecular flexibility index (Phi) is 8.29. The van der Waals surface area contributed by atoms with Crippen molar-refractivity contribution in [1.82, 2.24) is 10.2 Å². The van der Waals surface area contributed by atoms with Gasteiger partial charge in [0.25, 0.3) is 5.91 Å². The Hall–Kier alpha value is -2.93. The first-order valence-corrected chi connectivity index (χ1v) is 13.8. The number of carboxylic acid groups (broad SMARTS) is 1. The molecule has 12 heteroatoms. The monoisotopic (exact) mass is 543 g/mol. The molecule has 2 aromatic rings. The van der Waals surface area contributed by atoms with Crippen LogP contribution in [-0.2, 0) is 33.1 Å². The Morgan fingerprint density at radius 1 is 1.17 bits per heavy atom. The summed E-state index contributed by atoms with van der Waals surface area (Å²) >= 11 is 3.92. The summed E-state index contributed by atoms with van der Waals surface area (Å²) in [7, 11) is 0. The molecule has 0 bridgehead atoms. The SMILES string of the molecule is N=C(N)SCc1ccccc1SC1=C(C(=O)O)N2C(=O)[C@@H](NC(=O)Cc3ccc(CN)cc3)[C@H]2SC1. The Bertz CT molecular complexity index is 1230. The Morgan fingerprint density at radius 3 is 2.53 bits per heavy atom. The predicted octanol–water partition coefficient (Wildman–Crippen LogP) is 2.30. The zero-order chi connectivity index (χ0) is 25.8. The van der Waals surface area contributed by atoms with Gasteiger partial charge in [0, 0.05) is 27.9 Å². The lowest BCUT2D eigenvalue weighted by Gasteiger charge is -2.49. The minimum atomic E-state index is -1.18. The first kappa shape index (κ1) is 26.1. The third kappa shape index (κ3) is 5.72. The molecule has 2 heterocycles. The summed E-state index contributed by atoms with van der Waals surface area (Å²) in [6, 6.07) is 14.1. The van der Waals surface area contributed by atoms with Crippen LogP contribution in [-0.4, -0.2) is 50.1 Å². The van der Waals surface area contributed by atoms with E-state index < -0.39 is 23.3 Å². The normalized spacial score (nSPS) is 18.9. The molecule has 1 fully saturated rings. The Labute approximate surface area is 220 Å². The summed E-state index contributed by atoms with van der Waals surface area (Å²) in [5, 5.41) is 19.7. The number of rotatable bonds is 9. The van der Waals surface area contributed by atoms with Crippen molar-refractivity contribution in [2.75, 3.05) is 5.75 Å². The molecule has 0 spiro atoms. The van der Waals surface area contributed by atoms with E-state index in [-0.39, 0.29) is 23.2 Å². The number of nitrogens with zero attached hydrogens (tertiary/aromatic N) is 1. The first-order chi connectivity index (χ1) is 17.3. The lowest BCUT2D eigenvalue weighted by Crippen LogP contribution is -2.70. The fourth-order valence-corrected chi connectivity index (χ4v) is 7.14. The topological polar surface area (TPSA) is 163 Å². The number of aliphatic carboxylic acids is 1. The molecule has 2 amide bonds. The molecule has 0 aromatic heterocycles. The van der Waals surface area contributed by atoms with Gasteiger partial charge >= 0.3 is 5.97 Å². The molecule has 2 atom stereocenters. The molecule has 2 aliphatic heterocycles. The largest absolute Gasteiger partial charge is 0.477 e. The van der Waals surface area contributed by atoms with Crippen LogP contribution in [0.25, 0.3) is 0 Å². The van der Waals surface area contributed by atoms with E-state index in [1.165, 1.54) is 40.2 Å². The molecule has 2 aliphatic rings. The van der Waals surface area contributed by atoms with E-state index in [2.05, 4.69) is 5.32 Å². The average molecular weight is 544 g/mol. The van der Waals surface area contributed by atoms with Crippen molar-refractivity contribution in [3.8, 4) is 0 Å². The standard InChI is InChI=1S/C24H25N5O4S3/c25-10-14-7-5-13(6-8-14)9-18(30)28-19-21(31)29-20(23(32)33)17(12-34-22(19)29)36-16-4-2-1-3-15(16)11-35-24(26)27/h1-8,19,22H,9-12,25H2,(H3,26,27)(H,28,30)(H,32,33)/t19-,22-/m1/s1. The number of thioether (sulfide) groups is 3. The van der Waals surface area contributed by atoms with E-state index in [0.29, 0.717) is 23.0 Å². The van der Waals surface area contributed by atoms with E-state index >= 15 is 0 Å². The highest BCUT2D eigenvalue weighted by atomic mass is 32.2. The van der Waals surface area contributed by atoms with E-state index in [4.69, 9.17) is 16.9 Å². The molecule has 0 saturated carbocycles. The highest BCUT2D eigenvalue weighted by Crippen LogP contribution is 2.45. The third-order valence-electron chi connectivity index (χ3n) is 5.66. The van der Waals surface area contributed by atoms with Crippen LogP contribution in [0, 0.1) is 5.41 Å². The molecule has 0 unspecified atom stereocenters. The number of hydrogen-bond acceptors (Lipinski definition) is 8. The second-order valence-corrected chi connectivity index (χ2v) is 11.4. The lowest BCUT2D eigenvalue weighted by molar-refractivity contribution is -0.150. The van der Waals surface area contributed by atoms with Crippen LogP contribution < -0.4 is 16.8 Å². The van der Waals surface area contributed by atoms with E-state index in [1.54, 1.807) is 0 Å². The van der Waals surface area contributed by atoms with Crippen molar-refractivity contribution in [2.45, 2.75) is 35.0 Å². The summed E-state index contributed by atoms with van der Waals surface area (Å²) in [6.45, 7) is 0.417. The van der Waals surface area contributed by atoms with Gasteiger partial charge in [-0.3, -0.25) is 19.9 Å². The van der Waals surface area contributed by atoms with Crippen molar-refractivity contribution in [3.63, 3.8) is 0 Å². The van der Waals surface area contributed by atoms with Crippen LogP contribution in [0.4, 0.5) is 0 Å². The van der Waals surface area contributed by atoms with E-state index in [0.717, 1.165) is 21.6 Å². The zero-order valence-electron chi connectivity index (χ0n) is 19.1. The molecule has 0 radical (unpaired) electrons. The number of amides is 2. The number of nitrogens with two attached hydrogens (primary N) is 2. The van der Waals surface area contributed by atoms with Gasteiger partial charge in [-0.2, -0.15) is 0 Å². The van der Waals surface area contributed by atoms with E-state index in [9.17, 15) is 19.5 Å². The van der Waals surface area contributed by atoms with Crippen molar-refractivity contribution >= 4 is 58.2 Å². The van der Waals surface area contributed by atoms with Gasteiger partial charge in [-0.25, -0.2) is 4.79 Å². The van der Waals surface area contributed by atoms with Crippen molar-refractivity contribution in [3.05, 3.63) is 75.8 Å². The molecule has 36 heavy (non-hydrogen) atoms. The van der Waals surface area contributed by atoms with Crippen LogP contribution in [0.3, 0.4) is 0 Å². The van der Waals surface area contributed by atoms with Crippen LogP contribution >= 0.6 is 35.3 Å². The minimum absolute atomic E-state index is 0.00291. The van der Waals surface area contributed by atoms with Crippen molar-refractivity contribution in [1.29, 1.82) is 5.41 Å². The molecular weight excluding hydrogens is 518 g/mol. The summed E-state index contributed by atoms with van der Waals surface area (Å²) in [6.07, 6.45) is 0.115. The number of carbonyl (C=O) groups is 3. The smallest absolute Gasteiger partial charge is 0.353 e. The van der Waals surface area contributed by atoms with Crippen molar-refractivity contribution in [2.24, 2.45) is 11.5 Å². The average Bonchev–Trinajstić information content (AvgIpc) is 2.86. The molecule has 188 valence electrons. The van der Waals surface area contributed by atoms with E-state index in [1.807, 2.05) is 48.5 Å². The van der Waals surface area contributed by atoms with Gasteiger partial charge in [0.15, 0.2) is 5.17 Å². The molecule has 4 rings (SSSR count). The summed E-state index contributed by atoms with van der Waals surface area (Å²) in [5.74, 6) is -1.05. The quantitative estimate of drug-likeness (QED) is 0.181. The first-order valence-electron chi connectivity index (χ1n) is 11.0. The summed E-state index contributed by atoms with van der Waals surface area (Å²) in [4.78, 5) is 40.4. The predicted molar refractivity (Wildman–Crippen MR) is 143 cm³/mol. The van der Waals surface area contributed by atoms with Gasteiger partial charge in [0.1, 0.15) is 17.1 Å². The number of β-lactam (4-membered cyclic amide) rings is 1.